The Hall–Kier alpha value is -2.28. The zero-order valence-corrected chi connectivity index (χ0v) is 13.4. The van der Waals surface area contributed by atoms with Gasteiger partial charge in [0.2, 0.25) is 5.91 Å². The molecule has 1 aromatic heterocycles. The van der Waals surface area contributed by atoms with Crippen LogP contribution in [0.15, 0.2) is 30.3 Å². The highest BCUT2D eigenvalue weighted by atomic mass is 16.1. The summed E-state index contributed by atoms with van der Waals surface area (Å²) in [6.45, 7) is 2.78. The fourth-order valence-electron chi connectivity index (χ4n) is 3.00. The molecule has 2 aromatic rings. The molecule has 0 aliphatic carbocycles. The highest BCUT2D eigenvalue weighted by molar-refractivity contribution is 5.77. The summed E-state index contributed by atoms with van der Waals surface area (Å²) < 4.78 is 1.52. The molecule has 0 saturated carbocycles. The topological polar surface area (TPSA) is 75.9 Å². The molecule has 1 fully saturated rings. The summed E-state index contributed by atoms with van der Waals surface area (Å²) in [5.41, 5.74) is 1.25. The van der Waals surface area contributed by atoms with Crippen LogP contribution in [0.25, 0.3) is 0 Å². The Kier molecular flexibility index (Phi) is 4.97. The molecule has 2 heterocycles. The molecule has 1 aliphatic heterocycles. The van der Waals surface area contributed by atoms with Crippen LogP contribution in [0.1, 0.15) is 30.3 Å². The first-order valence-corrected chi connectivity index (χ1v) is 8.01. The normalized spacial score (nSPS) is 16.4. The first kappa shape index (κ1) is 15.6. The molecule has 1 aromatic carbocycles. The molecule has 122 valence electrons. The quantitative estimate of drug-likeness (QED) is 0.850. The third-order valence-electron chi connectivity index (χ3n) is 4.28. The Balaban J connectivity index is 1.62. The number of hydrogen-bond acceptors (Lipinski definition) is 5. The molecule has 1 atom stereocenters. The average Bonchev–Trinajstić information content (AvgIpc) is 3.22. The number of tetrazole rings is 1. The Morgan fingerprint density at radius 2 is 2.00 bits per heavy atom. The van der Waals surface area contributed by atoms with Crippen molar-refractivity contribution in [3.8, 4) is 0 Å². The van der Waals surface area contributed by atoms with Gasteiger partial charge in [-0.3, -0.25) is 9.69 Å². The van der Waals surface area contributed by atoms with E-state index in [-0.39, 0.29) is 18.4 Å². The van der Waals surface area contributed by atoms with Crippen LogP contribution in [0, 0.1) is 0 Å². The Bertz CT molecular complexity index is 635. The molecule has 7 heteroatoms. The van der Waals surface area contributed by atoms with Gasteiger partial charge in [0.15, 0.2) is 5.82 Å². The molecule has 3 rings (SSSR count). The number of likely N-dealkylation sites (tertiary alicyclic amines) is 1. The predicted octanol–water partition coefficient (Wildman–Crippen LogP) is 0.706. The molecule has 1 saturated heterocycles. The standard InChI is InChI=1S/C16H22N6O/c1-21-15(18-19-20-21)11-16(23)17-12-14(22-9-5-6-10-22)13-7-3-2-4-8-13/h2-4,7-8,14H,5-6,9-12H2,1H3,(H,17,23). The van der Waals surface area contributed by atoms with E-state index in [0.29, 0.717) is 12.4 Å². The number of nitrogens with one attached hydrogen (secondary N) is 1. The van der Waals surface area contributed by atoms with Crippen LogP contribution in [-0.2, 0) is 18.3 Å². The highest BCUT2D eigenvalue weighted by Gasteiger charge is 2.24. The zero-order valence-electron chi connectivity index (χ0n) is 13.4. The van der Waals surface area contributed by atoms with Crippen molar-refractivity contribution in [1.82, 2.24) is 30.4 Å². The maximum atomic E-state index is 12.2. The molecule has 1 aliphatic rings. The number of benzene rings is 1. The van der Waals surface area contributed by atoms with Gasteiger partial charge in [0.1, 0.15) is 0 Å². The second-order valence-electron chi connectivity index (χ2n) is 5.87. The molecular weight excluding hydrogens is 292 g/mol. The van der Waals surface area contributed by atoms with Crippen molar-refractivity contribution in [2.45, 2.75) is 25.3 Å². The lowest BCUT2D eigenvalue weighted by Crippen LogP contribution is -2.37. The number of nitrogens with zero attached hydrogens (tertiary/aromatic N) is 5. The number of amides is 1. The Labute approximate surface area is 135 Å². The first-order valence-electron chi connectivity index (χ1n) is 8.01. The summed E-state index contributed by atoms with van der Waals surface area (Å²) in [5.74, 6) is 0.517. The van der Waals surface area contributed by atoms with Crippen LogP contribution >= 0.6 is 0 Å². The number of carbonyl (C=O) groups excluding carboxylic acids is 1. The summed E-state index contributed by atoms with van der Waals surface area (Å²) in [6.07, 6.45) is 2.65. The molecule has 1 amide bonds. The minimum atomic E-state index is -0.0528. The summed E-state index contributed by atoms with van der Waals surface area (Å²) in [4.78, 5) is 14.6. The summed E-state index contributed by atoms with van der Waals surface area (Å²) in [5, 5.41) is 14.2. The second kappa shape index (κ2) is 7.32. The fourth-order valence-corrected chi connectivity index (χ4v) is 3.00. The van der Waals surface area contributed by atoms with Gasteiger partial charge in [-0.25, -0.2) is 4.68 Å². The van der Waals surface area contributed by atoms with E-state index in [9.17, 15) is 4.79 Å². The fraction of sp³-hybridized carbons (Fsp3) is 0.500. The molecule has 0 bridgehead atoms. The minimum Gasteiger partial charge on any atom is -0.354 e. The molecule has 0 radical (unpaired) electrons. The van der Waals surface area contributed by atoms with Gasteiger partial charge < -0.3 is 5.32 Å². The Morgan fingerprint density at radius 1 is 1.26 bits per heavy atom. The van der Waals surface area contributed by atoms with Gasteiger partial charge in [0, 0.05) is 13.6 Å². The monoisotopic (exact) mass is 314 g/mol. The third-order valence-corrected chi connectivity index (χ3v) is 4.28. The summed E-state index contributed by atoms with van der Waals surface area (Å²) in [6, 6.07) is 10.6. The zero-order chi connectivity index (χ0) is 16.1. The van der Waals surface area contributed by atoms with Crippen molar-refractivity contribution >= 4 is 5.91 Å². The van der Waals surface area contributed by atoms with Crippen molar-refractivity contribution in [3.63, 3.8) is 0 Å². The number of carbonyl (C=O) groups is 1. The van der Waals surface area contributed by atoms with E-state index in [1.165, 1.54) is 23.1 Å². The predicted molar refractivity (Wildman–Crippen MR) is 85.5 cm³/mol. The molecule has 0 spiro atoms. The van der Waals surface area contributed by atoms with Gasteiger partial charge in [0.25, 0.3) is 0 Å². The smallest absolute Gasteiger partial charge is 0.227 e. The van der Waals surface area contributed by atoms with Gasteiger partial charge in [-0.15, -0.1) is 5.10 Å². The molecule has 7 nitrogen and oxygen atoms in total. The maximum Gasteiger partial charge on any atom is 0.227 e. The SMILES string of the molecule is Cn1nnnc1CC(=O)NCC(c1ccccc1)N1CCCC1. The van der Waals surface area contributed by atoms with Gasteiger partial charge >= 0.3 is 0 Å². The van der Waals surface area contributed by atoms with Gasteiger partial charge in [0.05, 0.1) is 12.5 Å². The van der Waals surface area contributed by atoms with E-state index in [2.05, 4.69) is 37.9 Å². The van der Waals surface area contributed by atoms with Crippen molar-refractivity contribution < 1.29 is 4.79 Å². The van der Waals surface area contributed by atoms with Crippen LogP contribution in [0.2, 0.25) is 0 Å². The molecular formula is C16H22N6O. The Morgan fingerprint density at radius 3 is 2.65 bits per heavy atom. The number of aryl methyl sites for hydroxylation is 1. The lowest BCUT2D eigenvalue weighted by molar-refractivity contribution is -0.120. The third kappa shape index (κ3) is 3.92. The van der Waals surface area contributed by atoms with Crippen LogP contribution in [0.5, 0.6) is 0 Å². The number of aromatic nitrogens is 4. The van der Waals surface area contributed by atoms with Gasteiger partial charge in [-0.1, -0.05) is 30.3 Å². The number of rotatable bonds is 6. The van der Waals surface area contributed by atoms with Crippen molar-refractivity contribution in [1.29, 1.82) is 0 Å². The largest absolute Gasteiger partial charge is 0.354 e. The van der Waals surface area contributed by atoms with E-state index >= 15 is 0 Å². The highest BCUT2D eigenvalue weighted by Crippen LogP contribution is 2.24. The lowest BCUT2D eigenvalue weighted by atomic mass is 10.1. The van der Waals surface area contributed by atoms with Crippen molar-refractivity contribution in [2.24, 2.45) is 7.05 Å². The summed E-state index contributed by atoms with van der Waals surface area (Å²) in [7, 11) is 1.74. The van der Waals surface area contributed by atoms with E-state index in [0.717, 1.165) is 13.1 Å². The van der Waals surface area contributed by atoms with Gasteiger partial charge in [-0.05, 0) is 41.9 Å². The van der Waals surface area contributed by atoms with Crippen LogP contribution in [0.4, 0.5) is 0 Å². The second-order valence-corrected chi connectivity index (χ2v) is 5.87. The molecule has 1 unspecified atom stereocenters. The average molecular weight is 314 g/mol. The van der Waals surface area contributed by atoms with E-state index in [1.807, 2.05) is 18.2 Å². The van der Waals surface area contributed by atoms with Crippen molar-refractivity contribution in [2.75, 3.05) is 19.6 Å². The molecule has 1 N–H and O–H groups in total. The van der Waals surface area contributed by atoms with E-state index in [1.54, 1.807) is 7.05 Å². The van der Waals surface area contributed by atoms with Crippen LogP contribution in [0.3, 0.4) is 0 Å². The van der Waals surface area contributed by atoms with Crippen LogP contribution in [-0.4, -0.2) is 50.6 Å². The van der Waals surface area contributed by atoms with Crippen molar-refractivity contribution in [3.05, 3.63) is 41.7 Å². The van der Waals surface area contributed by atoms with Crippen LogP contribution < -0.4 is 5.32 Å². The van der Waals surface area contributed by atoms with Gasteiger partial charge in [-0.2, -0.15) is 0 Å². The lowest BCUT2D eigenvalue weighted by Gasteiger charge is -2.28. The maximum absolute atomic E-state index is 12.2. The molecule has 23 heavy (non-hydrogen) atoms. The summed E-state index contributed by atoms with van der Waals surface area (Å²) >= 11 is 0. The van der Waals surface area contributed by atoms with E-state index in [4.69, 9.17) is 0 Å². The number of hydrogen-bond donors (Lipinski definition) is 1. The van der Waals surface area contributed by atoms with E-state index < -0.39 is 0 Å². The first-order chi connectivity index (χ1) is 11.2. The minimum absolute atomic E-state index is 0.0528.